The highest BCUT2D eigenvalue weighted by molar-refractivity contribution is 5.97. The van der Waals surface area contributed by atoms with Crippen molar-refractivity contribution in [2.24, 2.45) is 0 Å². The Balaban J connectivity index is 1.46. The highest BCUT2D eigenvalue weighted by Crippen LogP contribution is 2.14. The molecule has 2 amide bonds. The van der Waals surface area contributed by atoms with Crippen molar-refractivity contribution in [1.29, 1.82) is 0 Å². The van der Waals surface area contributed by atoms with Crippen LogP contribution in [0.4, 0.5) is 0 Å². The number of carboxylic acid groups (broad SMARTS) is 1. The van der Waals surface area contributed by atoms with Crippen LogP contribution in [0.3, 0.4) is 0 Å². The molecular formula is C22H24N2O5. The number of ether oxygens (including phenoxy) is 1. The monoisotopic (exact) mass is 396 g/mol. The van der Waals surface area contributed by atoms with Gasteiger partial charge in [-0.2, -0.15) is 0 Å². The maximum atomic E-state index is 12.6. The zero-order chi connectivity index (χ0) is 20.8. The first-order valence-corrected chi connectivity index (χ1v) is 9.54. The van der Waals surface area contributed by atoms with Crippen LogP contribution in [0.2, 0.25) is 0 Å². The van der Waals surface area contributed by atoms with Crippen molar-refractivity contribution in [3.05, 3.63) is 65.2 Å². The molecule has 0 saturated carbocycles. The lowest BCUT2D eigenvalue weighted by Gasteiger charge is -2.35. The lowest BCUT2D eigenvalue weighted by Crippen LogP contribution is -2.50. The van der Waals surface area contributed by atoms with Gasteiger partial charge in [-0.1, -0.05) is 23.8 Å². The Hall–Kier alpha value is -3.35. The Bertz CT molecular complexity index is 886. The van der Waals surface area contributed by atoms with E-state index in [0.717, 1.165) is 11.3 Å². The predicted octanol–water partition coefficient (Wildman–Crippen LogP) is 2.45. The first-order valence-electron chi connectivity index (χ1n) is 9.54. The van der Waals surface area contributed by atoms with E-state index in [1.807, 2.05) is 31.2 Å². The molecule has 0 unspecified atom stereocenters. The van der Waals surface area contributed by atoms with E-state index in [0.29, 0.717) is 38.3 Å². The molecule has 1 aliphatic rings. The summed E-state index contributed by atoms with van der Waals surface area (Å²) in [5.41, 5.74) is 1.57. The van der Waals surface area contributed by atoms with Gasteiger partial charge in [-0.05, 0) is 37.3 Å². The van der Waals surface area contributed by atoms with Crippen LogP contribution in [0.1, 0.15) is 32.7 Å². The van der Waals surface area contributed by atoms with E-state index >= 15 is 0 Å². The van der Waals surface area contributed by atoms with Crippen molar-refractivity contribution in [2.45, 2.75) is 13.3 Å². The number of nitrogens with zero attached hydrogens (tertiary/aromatic N) is 2. The molecular weight excluding hydrogens is 372 g/mol. The Morgan fingerprint density at radius 2 is 1.55 bits per heavy atom. The maximum Gasteiger partial charge on any atom is 0.335 e. The van der Waals surface area contributed by atoms with Gasteiger partial charge in [0.15, 0.2) is 0 Å². The van der Waals surface area contributed by atoms with E-state index in [4.69, 9.17) is 9.84 Å². The van der Waals surface area contributed by atoms with Crippen molar-refractivity contribution in [3.8, 4) is 5.75 Å². The summed E-state index contributed by atoms with van der Waals surface area (Å²) in [6, 6.07) is 13.7. The van der Waals surface area contributed by atoms with Gasteiger partial charge in [-0.25, -0.2) is 4.79 Å². The smallest absolute Gasteiger partial charge is 0.335 e. The number of carboxylic acids is 1. The normalized spacial score (nSPS) is 13.8. The van der Waals surface area contributed by atoms with Gasteiger partial charge in [0, 0.05) is 31.7 Å². The zero-order valence-electron chi connectivity index (χ0n) is 16.3. The molecule has 7 nitrogen and oxygen atoms in total. The largest absolute Gasteiger partial charge is 0.493 e. The summed E-state index contributed by atoms with van der Waals surface area (Å²) in [6.45, 7) is 4.05. The van der Waals surface area contributed by atoms with E-state index in [1.165, 1.54) is 12.1 Å². The Kier molecular flexibility index (Phi) is 6.49. The van der Waals surface area contributed by atoms with Crippen molar-refractivity contribution in [2.75, 3.05) is 32.8 Å². The molecule has 1 saturated heterocycles. The van der Waals surface area contributed by atoms with Gasteiger partial charge in [0.25, 0.3) is 5.91 Å². The van der Waals surface area contributed by atoms with Crippen molar-refractivity contribution in [1.82, 2.24) is 9.80 Å². The lowest BCUT2D eigenvalue weighted by molar-refractivity contribution is -0.133. The number of rotatable bonds is 6. The van der Waals surface area contributed by atoms with Gasteiger partial charge in [0.05, 0.1) is 18.6 Å². The van der Waals surface area contributed by atoms with Crippen LogP contribution in [0.15, 0.2) is 48.5 Å². The molecule has 1 fully saturated rings. The molecule has 2 aromatic rings. The quantitative estimate of drug-likeness (QED) is 0.810. The second-order valence-electron chi connectivity index (χ2n) is 6.97. The van der Waals surface area contributed by atoms with Gasteiger partial charge in [-0.15, -0.1) is 0 Å². The number of benzene rings is 2. The fourth-order valence-corrected chi connectivity index (χ4v) is 3.18. The van der Waals surface area contributed by atoms with Crippen LogP contribution >= 0.6 is 0 Å². The van der Waals surface area contributed by atoms with Gasteiger partial charge >= 0.3 is 5.97 Å². The predicted molar refractivity (Wildman–Crippen MR) is 107 cm³/mol. The van der Waals surface area contributed by atoms with Crippen LogP contribution < -0.4 is 4.74 Å². The fourth-order valence-electron chi connectivity index (χ4n) is 3.18. The molecule has 0 radical (unpaired) electrons. The van der Waals surface area contributed by atoms with Gasteiger partial charge in [0.2, 0.25) is 5.91 Å². The third-order valence-corrected chi connectivity index (χ3v) is 4.88. The Morgan fingerprint density at radius 1 is 0.931 bits per heavy atom. The lowest BCUT2D eigenvalue weighted by atomic mass is 10.1. The number of carbonyl (C=O) groups excluding carboxylic acids is 2. The van der Waals surface area contributed by atoms with Gasteiger partial charge in [0.1, 0.15) is 5.75 Å². The van der Waals surface area contributed by atoms with Crippen LogP contribution in [0.25, 0.3) is 0 Å². The molecule has 3 rings (SSSR count). The molecule has 1 heterocycles. The molecule has 1 N–H and O–H groups in total. The molecule has 29 heavy (non-hydrogen) atoms. The second kappa shape index (κ2) is 9.23. The van der Waals surface area contributed by atoms with Crippen LogP contribution in [0, 0.1) is 6.92 Å². The van der Waals surface area contributed by atoms with Crippen LogP contribution in [-0.2, 0) is 4.79 Å². The molecule has 2 aromatic carbocycles. The maximum absolute atomic E-state index is 12.6. The third-order valence-electron chi connectivity index (χ3n) is 4.88. The Labute approximate surface area is 169 Å². The molecule has 1 aliphatic heterocycles. The highest BCUT2D eigenvalue weighted by Gasteiger charge is 2.25. The van der Waals surface area contributed by atoms with E-state index < -0.39 is 5.97 Å². The molecule has 7 heteroatoms. The second-order valence-corrected chi connectivity index (χ2v) is 6.97. The molecule has 0 atom stereocenters. The molecule has 152 valence electrons. The SMILES string of the molecule is Cc1ccc(OCCC(=O)N2CCN(C(=O)c3cccc(C(=O)O)c3)CC2)cc1. The highest BCUT2D eigenvalue weighted by atomic mass is 16.5. The summed E-state index contributed by atoms with van der Waals surface area (Å²) in [5.74, 6) is -0.551. The van der Waals surface area contributed by atoms with Crippen molar-refractivity contribution in [3.63, 3.8) is 0 Å². The summed E-state index contributed by atoms with van der Waals surface area (Å²) in [4.78, 5) is 39.5. The van der Waals surface area contributed by atoms with Crippen molar-refractivity contribution < 1.29 is 24.2 Å². The van der Waals surface area contributed by atoms with Crippen LogP contribution in [-0.4, -0.2) is 65.5 Å². The van der Waals surface area contributed by atoms with Crippen LogP contribution in [0.5, 0.6) is 5.75 Å². The molecule has 0 bridgehead atoms. The number of hydrogen-bond donors (Lipinski definition) is 1. The van der Waals surface area contributed by atoms with Gasteiger partial charge < -0.3 is 19.6 Å². The number of aryl methyl sites for hydroxylation is 1. The first kappa shape index (κ1) is 20.4. The molecule has 0 aliphatic carbocycles. The minimum absolute atomic E-state index is 0.00270. The summed E-state index contributed by atoms with van der Waals surface area (Å²) in [5, 5.41) is 9.07. The fraction of sp³-hybridized carbons (Fsp3) is 0.318. The number of hydrogen-bond acceptors (Lipinski definition) is 4. The number of amides is 2. The molecule has 0 spiro atoms. The summed E-state index contributed by atoms with van der Waals surface area (Å²) < 4.78 is 5.61. The minimum Gasteiger partial charge on any atom is -0.493 e. The third kappa shape index (κ3) is 5.34. The molecule has 0 aromatic heterocycles. The topological polar surface area (TPSA) is 87.2 Å². The van der Waals surface area contributed by atoms with E-state index in [1.54, 1.807) is 21.9 Å². The van der Waals surface area contributed by atoms with Gasteiger partial charge in [-0.3, -0.25) is 9.59 Å². The van der Waals surface area contributed by atoms with E-state index in [9.17, 15) is 14.4 Å². The summed E-state index contributed by atoms with van der Waals surface area (Å²) >= 11 is 0. The number of carbonyl (C=O) groups is 3. The standard InChI is InChI=1S/C22H24N2O5/c1-16-5-7-19(8-6-16)29-14-9-20(25)23-10-12-24(13-11-23)21(26)17-3-2-4-18(15-17)22(27)28/h2-8,15H,9-14H2,1H3,(H,27,28). The Morgan fingerprint density at radius 3 is 2.21 bits per heavy atom. The average molecular weight is 396 g/mol. The van der Waals surface area contributed by atoms with E-state index in [2.05, 4.69) is 0 Å². The summed E-state index contributed by atoms with van der Waals surface area (Å²) in [7, 11) is 0. The zero-order valence-corrected chi connectivity index (χ0v) is 16.3. The average Bonchev–Trinajstić information content (AvgIpc) is 2.74. The number of aromatic carboxylic acids is 1. The first-order chi connectivity index (χ1) is 13.9. The van der Waals surface area contributed by atoms with E-state index in [-0.39, 0.29) is 23.8 Å². The minimum atomic E-state index is -1.07. The van der Waals surface area contributed by atoms with Crippen molar-refractivity contribution >= 4 is 17.8 Å². The number of piperazine rings is 1. The summed E-state index contributed by atoms with van der Waals surface area (Å²) in [6.07, 6.45) is 0.280.